The van der Waals surface area contributed by atoms with E-state index in [0.717, 1.165) is 12.0 Å². The molecule has 2 amide bonds. The molecular formula is C20H22N2O3. The zero-order chi connectivity index (χ0) is 17.8. The first-order chi connectivity index (χ1) is 12.1. The summed E-state index contributed by atoms with van der Waals surface area (Å²) in [5.41, 5.74) is 2.43. The summed E-state index contributed by atoms with van der Waals surface area (Å²) in [4.78, 5) is 26.8. The van der Waals surface area contributed by atoms with Gasteiger partial charge in [0.1, 0.15) is 11.8 Å². The molecule has 2 aromatic carbocycles. The second-order valence-electron chi connectivity index (χ2n) is 6.38. The van der Waals surface area contributed by atoms with Crippen molar-refractivity contribution < 1.29 is 14.7 Å². The van der Waals surface area contributed by atoms with Crippen LogP contribution in [-0.4, -0.2) is 34.4 Å². The molecule has 0 aliphatic carbocycles. The van der Waals surface area contributed by atoms with Gasteiger partial charge in [-0.2, -0.15) is 0 Å². The molecule has 2 N–H and O–H groups in total. The molecule has 1 unspecified atom stereocenters. The van der Waals surface area contributed by atoms with E-state index in [1.165, 1.54) is 11.6 Å². The largest absolute Gasteiger partial charge is 0.507 e. The summed E-state index contributed by atoms with van der Waals surface area (Å²) >= 11 is 0. The fourth-order valence-corrected chi connectivity index (χ4v) is 3.10. The number of rotatable bonds is 4. The van der Waals surface area contributed by atoms with Crippen LogP contribution in [0.2, 0.25) is 0 Å². The number of phenols is 1. The highest BCUT2D eigenvalue weighted by molar-refractivity contribution is 5.99. The van der Waals surface area contributed by atoms with E-state index in [1.54, 1.807) is 23.1 Å². The highest BCUT2D eigenvalue weighted by Crippen LogP contribution is 2.24. The molecule has 1 heterocycles. The number of nitrogens with one attached hydrogen (secondary N) is 1. The van der Waals surface area contributed by atoms with Gasteiger partial charge in [-0.25, -0.2) is 0 Å². The number of hydrogen-bond acceptors (Lipinski definition) is 3. The maximum Gasteiger partial charge on any atom is 0.258 e. The fraction of sp³-hybridized carbons (Fsp3) is 0.300. The van der Waals surface area contributed by atoms with Crippen LogP contribution >= 0.6 is 0 Å². The van der Waals surface area contributed by atoms with Gasteiger partial charge >= 0.3 is 0 Å². The van der Waals surface area contributed by atoms with Gasteiger partial charge in [0.2, 0.25) is 5.91 Å². The molecule has 2 aromatic rings. The maximum atomic E-state index is 12.7. The third-order valence-corrected chi connectivity index (χ3v) is 4.54. The molecule has 130 valence electrons. The van der Waals surface area contributed by atoms with E-state index in [0.29, 0.717) is 19.5 Å². The van der Waals surface area contributed by atoms with Gasteiger partial charge in [-0.3, -0.25) is 9.59 Å². The molecule has 0 aromatic heterocycles. The summed E-state index contributed by atoms with van der Waals surface area (Å²) in [6, 6.07) is 13.9. The van der Waals surface area contributed by atoms with Crippen molar-refractivity contribution in [3.63, 3.8) is 0 Å². The highest BCUT2D eigenvalue weighted by Gasteiger charge is 2.35. The van der Waals surface area contributed by atoms with E-state index in [1.807, 2.05) is 31.2 Å². The molecule has 0 saturated carbocycles. The number of likely N-dealkylation sites (tertiary alicyclic amines) is 1. The average molecular weight is 338 g/mol. The van der Waals surface area contributed by atoms with Crippen LogP contribution in [-0.2, 0) is 11.3 Å². The molecular weight excluding hydrogens is 316 g/mol. The van der Waals surface area contributed by atoms with Gasteiger partial charge in [-0.1, -0.05) is 42.0 Å². The SMILES string of the molecule is Cc1ccc(CNC(=O)C2CCCN2C(=O)c2ccccc2O)cc1. The molecule has 1 aliphatic heterocycles. The Morgan fingerprint density at radius 1 is 1.16 bits per heavy atom. The number of benzene rings is 2. The van der Waals surface area contributed by atoms with Crippen molar-refractivity contribution in [2.45, 2.75) is 32.4 Å². The second kappa shape index (κ2) is 7.38. The van der Waals surface area contributed by atoms with Crippen molar-refractivity contribution in [2.75, 3.05) is 6.54 Å². The Balaban J connectivity index is 1.66. The quantitative estimate of drug-likeness (QED) is 0.900. The number of amides is 2. The van der Waals surface area contributed by atoms with Crippen molar-refractivity contribution in [1.29, 1.82) is 0 Å². The third kappa shape index (κ3) is 3.82. The first kappa shape index (κ1) is 17.0. The molecule has 25 heavy (non-hydrogen) atoms. The van der Waals surface area contributed by atoms with Crippen molar-refractivity contribution in [2.24, 2.45) is 0 Å². The predicted molar refractivity (Wildman–Crippen MR) is 95.2 cm³/mol. The van der Waals surface area contributed by atoms with Gasteiger partial charge in [0.05, 0.1) is 5.56 Å². The standard InChI is InChI=1S/C20H22N2O3/c1-14-8-10-15(11-9-14)13-21-19(24)17-6-4-12-22(17)20(25)16-5-2-3-7-18(16)23/h2-3,5,7-11,17,23H,4,6,12-13H2,1H3,(H,21,24). The Bertz CT molecular complexity index is 771. The third-order valence-electron chi connectivity index (χ3n) is 4.54. The van der Waals surface area contributed by atoms with Crippen molar-refractivity contribution >= 4 is 11.8 Å². The summed E-state index contributed by atoms with van der Waals surface area (Å²) in [5, 5.41) is 12.8. The molecule has 1 saturated heterocycles. The van der Waals surface area contributed by atoms with Crippen LogP contribution in [0, 0.1) is 6.92 Å². The number of nitrogens with zero attached hydrogens (tertiary/aromatic N) is 1. The van der Waals surface area contributed by atoms with Crippen LogP contribution in [0.5, 0.6) is 5.75 Å². The minimum absolute atomic E-state index is 0.0572. The van der Waals surface area contributed by atoms with Gasteiger partial charge in [-0.05, 0) is 37.5 Å². The molecule has 0 spiro atoms. The van der Waals surface area contributed by atoms with E-state index in [9.17, 15) is 14.7 Å². The lowest BCUT2D eigenvalue weighted by molar-refractivity contribution is -0.125. The van der Waals surface area contributed by atoms with Crippen LogP contribution < -0.4 is 5.32 Å². The smallest absolute Gasteiger partial charge is 0.258 e. The van der Waals surface area contributed by atoms with Gasteiger partial charge in [0.25, 0.3) is 5.91 Å². The average Bonchev–Trinajstić information content (AvgIpc) is 3.10. The molecule has 3 rings (SSSR count). The molecule has 0 bridgehead atoms. The fourth-order valence-electron chi connectivity index (χ4n) is 3.10. The zero-order valence-corrected chi connectivity index (χ0v) is 14.2. The Labute approximate surface area is 147 Å². The summed E-state index contributed by atoms with van der Waals surface area (Å²) in [5.74, 6) is -0.508. The Kier molecular flexibility index (Phi) is 5.03. The first-order valence-corrected chi connectivity index (χ1v) is 8.48. The number of aryl methyl sites for hydroxylation is 1. The van der Waals surface area contributed by atoms with Crippen LogP contribution in [0.1, 0.15) is 34.3 Å². The number of hydrogen-bond donors (Lipinski definition) is 2. The zero-order valence-electron chi connectivity index (χ0n) is 14.2. The Morgan fingerprint density at radius 2 is 1.88 bits per heavy atom. The van der Waals surface area contributed by atoms with Crippen LogP contribution in [0.3, 0.4) is 0 Å². The van der Waals surface area contributed by atoms with E-state index < -0.39 is 6.04 Å². The number of phenolic OH excluding ortho intramolecular Hbond substituents is 1. The Morgan fingerprint density at radius 3 is 2.60 bits per heavy atom. The molecule has 1 fully saturated rings. The maximum absolute atomic E-state index is 12.7. The van der Waals surface area contributed by atoms with Gasteiger partial charge in [0, 0.05) is 13.1 Å². The lowest BCUT2D eigenvalue weighted by Crippen LogP contribution is -2.45. The molecule has 1 aliphatic rings. The number of para-hydroxylation sites is 1. The minimum atomic E-state index is -0.488. The van der Waals surface area contributed by atoms with E-state index in [2.05, 4.69) is 5.32 Å². The summed E-state index contributed by atoms with van der Waals surface area (Å²) in [6.07, 6.45) is 1.42. The highest BCUT2D eigenvalue weighted by atomic mass is 16.3. The van der Waals surface area contributed by atoms with Gasteiger partial charge in [0.15, 0.2) is 0 Å². The first-order valence-electron chi connectivity index (χ1n) is 8.48. The van der Waals surface area contributed by atoms with Crippen molar-refractivity contribution in [3.8, 4) is 5.75 Å². The van der Waals surface area contributed by atoms with E-state index >= 15 is 0 Å². The second-order valence-corrected chi connectivity index (χ2v) is 6.38. The van der Waals surface area contributed by atoms with E-state index in [-0.39, 0.29) is 23.1 Å². The lowest BCUT2D eigenvalue weighted by Gasteiger charge is -2.24. The molecule has 5 nitrogen and oxygen atoms in total. The van der Waals surface area contributed by atoms with Crippen molar-refractivity contribution in [3.05, 3.63) is 65.2 Å². The van der Waals surface area contributed by atoms with Gasteiger partial charge in [-0.15, -0.1) is 0 Å². The summed E-state index contributed by atoms with van der Waals surface area (Å²) in [6.45, 7) is 2.98. The summed E-state index contributed by atoms with van der Waals surface area (Å²) in [7, 11) is 0. The number of aromatic hydroxyl groups is 1. The lowest BCUT2D eigenvalue weighted by atomic mass is 10.1. The van der Waals surface area contributed by atoms with Crippen LogP contribution in [0.15, 0.2) is 48.5 Å². The minimum Gasteiger partial charge on any atom is -0.507 e. The monoisotopic (exact) mass is 338 g/mol. The number of carbonyl (C=O) groups is 2. The molecule has 5 heteroatoms. The predicted octanol–water partition coefficient (Wildman–Crippen LogP) is 2.62. The summed E-state index contributed by atoms with van der Waals surface area (Å²) < 4.78 is 0. The molecule has 0 radical (unpaired) electrons. The van der Waals surface area contributed by atoms with Crippen LogP contribution in [0.4, 0.5) is 0 Å². The van der Waals surface area contributed by atoms with Crippen molar-refractivity contribution in [1.82, 2.24) is 10.2 Å². The Hall–Kier alpha value is -2.82. The normalized spacial score (nSPS) is 16.7. The van der Waals surface area contributed by atoms with Crippen LogP contribution in [0.25, 0.3) is 0 Å². The topological polar surface area (TPSA) is 69.6 Å². The number of carbonyl (C=O) groups excluding carboxylic acids is 2. The van der Waals surface area contributed by atoms with E-state index in [4.69, 9.17) is 0 Å². The van der Waals surface area contributed by atoms with Gasteiger partial charge < -0.3 is 15.3 Å². The molecule has 1 atom stereocenters.